The van der Waals surface area contributed by atoms with Crippen LogP contribution in [0.3, 0.4) is 0 Å². The van der Waals surface area contributed by atoms with Crippen LogP contribution in [0.15, 0.2) is 18.7 Å². The fourth-order valence-electron chi connectivity index (χ4n) is 0.892. The molecular weight excluding hydrogens is 166 g/mol. The second-order valence-corrected chi connectivity index (χ2v) is 2.73. The molecule has 0 aromatic carbocycles. The second-order valence-electron chi connectivity index (χ2n) is 2.73. The lowest BCUT2D eigenvalue weighted by molar-refractivity contribution is 0.239. The predicted molar refractivity (Wildman–Crippen MR) is 49.1 cm³/mol. The van der Waals surface area contributed by atoms with E-state index in [9.17, 15) is 4.79 Å². The van der Waals surface area contributed by atoms with Crippen molar-refractivity contribution in [2.75, 3.05) is 0 Å². The Morgan fingerprint density at radius 1 is 1.85 bits per heavy atom. The third-order valence-electron chi connectivity index (χ3n) is 1.53. The minimum atomic E-state index is -0.208. The largest absolute Gasteiger partial charge is 0.334 e. The van der Waals surface area contributed by atoms with Gasteiger partial charge in [0.15, 0.2) is 0 Å². The molecule has 4 heteroatoms. The van der Waals surface area contributed by atoms with Gasteiger partial charge < -0.3 is 5.32 Å². The molecule has 0 bridgehead atoms. The molecule has 1 heterocycles. The average Bonchev–Trinajstić information content (AvgIpc) is 2.55. The molecule has 1 amide bonds. The Hall–Kier alpha value is -1.76. The van der Waals surface area contributed by atoms with Crippen LogP contribution in [0.2, 0.25) is 0 Å². The molecule has 68 valence electrons. The van der Waals surface area contributed by atoms with E-state index in [-0.39, 0.29) is 12.1 Å². The molecule has 0 aliphatic rings. The van der Waals surface area contributed by atoms with Gasteiger partial charge in [0.2, 0.25) is 0 Å². The standard InChI is InChI=1S/C9H11N3O/c1-3-4-8(2)11-9(13)12-6-5-10-7-12/h1,5-8H,4H2,2H3,(H,11,13). The van der Waals surface area contributed by atoms with E-state index in [4.69, 9.17) is 6.42 Å². The minimum Gasteiger partial charge on any atom is -0.334 e. The lowest BCUT2D eigenvalue weighted by atomic mass is 10.2. The molecule has 4 nitrogen and oxygen atoms in total. The third-order valence-corrected chi connectivity index (χ3v) is 1.53. The average molecular weight is 177 g/mol. The SMILES string of the molecule is C#CCC(C)NC(=O)n1ccnc1. The number of rotatable bonds is 2. The molecule has 0 saturated carbocycles. The fourth-order valence-corrected chi connectivity index (χ4v) is 0.892. The first-order chi connectivity index (χ1) is 6.24. The molecule has 1 aromatic heterocycles. The monoisotopic (exact) mass is 177 g/mol. The van der Waals surface area contributed by atoms with E-state index in [2.05, 4.69) is 16.2 Å². The number of terminal acetylenes is 1. The Balaban J connectivity index is 2.48. The summed E-state index contributed by atoms with van der Waals surface area (Å²) in [5.41, 5.74) is 0. The molecule has 0 fully saturated rings. The smallest absolute Gasteiger partial charge is 0.327 e. The molecule has 0 aliphatic heterocycles. The van der Waals surface area contributed by atoms with Crippen LogP contribution in [-0.4, -0.2) is 21.6 Å². The minimum absolute atomic E-state index is 0.0140. The van der Waals surface area contributed by atoms with Crippen molar-refractivity contribution in [3.8, 4) is 12.3 Å². The molecule has 0 saturated heterocycles. The quantitative estimate of drug-likeness (QED) is 0.681. The highest BCUT2D eigenvalue weighted by Crippen LogP contribution is 1.91. The van der Waals surface area contributed by atoms with Gasteiger partial charge in [0.25, 0.3) is 0 Å². The summed E-state index contributed by atoms with van der Waals surface area (Å²) in [7, 11) is 0. The van der Waals surface area contributed by atoms with Crippen molar-refractivity contribution in [3.05, 3.63) is 18.7 Å². The first-order valence-electron chi connectivity index (χ1n) is 3.96. The Kier molecular flexibility index (Phi) is 3.09. The molecular formula is C9H11N3O. The van der Waals surface area contributed by atoms with Gasteiger partial charge in [-0.15, -0.1) is 12.3 Å². The first kappa shape index (κ1) is 9.33. The highest BCUT2D eigenvalue weighted by atomic mass is 16.2. The van der Waals surface area contributed by atoms with E-state index in [0.717, 1.165) is 0 Å². The number of amides is 1. The number of nitrogens with zero attached hydrogens (tertiary/aromatic N) is 2. The first-order valence-corrected chi connectivity index (χ1v) is 3.96. The van der Waals surface area contributed by atoms with E-state index in [0.29, 0.717) is 6.42 Å². The number of aromatic nitrogens is 2. The fraction of sp³-hybridized carbons (Fsp3) is 0.333. The second kappa shape index (κ2) is 4.31. The van der Waals surface area contributed by atoms with E-state index in [1.807, 2.05) is 6.92 Å². The van der Waals surface area contributed by atoms with Crippen molar-refractivity contribution in [3.63, 3.8) is 0 Å². The maximum Gasteiger partial charge on any atom is 0.327 e. The lowest BCUT2D eigenvalue weighted by Crippen LogP contribution is -2.35. The summed E-state index contributed by atoms with van der Waals surface area (Å²) in [5, 5.41) is 2.72. The molecule has 0 spiro atoms. The highest BCUT2D eigenvalue weighted by molar-refractivity contribution is 5.76. The molecule has 1 atom stereocenters. The molecule has 1 N–H and O–H groups in total. The Bertz CT molecular complexity index is 310. The van der Waals surface area contributed by atoms with E-state index in [1.54, 1.807) is 12.4 Å². The van der Waals surface area contributed by atoms with Gasteiger partial charge >= 0.3 is 6.03 Å². The van der Waals surface area contributed by atoms with Crippen molar-refractivity contribution < 1.29 is 4.79 Å². The van der Waals surface area contributed by atoms with Crippen LogP contribution in [0, 0.1) is 12.3 Å². The van der Waals surface area contributed by atoms with Crippen LogP contribution in [0.5, 0.6) is 0 Å². The molecule has 0 radical (unpaired) electrons. The Labute approximate surface area is 77.0 Å². The van der Waals surface area contributed by atoms with Gasteiger partial charge in [-0.25, -0.2) is 9.78 Å². The van der Waals surface area contributed by atoms with Crippen LogP contribution < -0.4 is 5.32 Å². The molecule has 1 unspecified atom stereocenters. The van der Waals surface area contributed by atoms with E-state index < -0.39 is 0 Å². The number of carbonyl (C=O) groups is 1. The van der Waals surface area contributed by atoms with Gasteiger partial charge in [-0.2, -0.15) is 0 Å². The van der Waals surface area contributed by atoms with Crippen molar-refractivity contribution in [2.45, 2.75) is 19.4 Å². The third kappa shape index (κ3) is 2.64. The molecule has 13 heavy (non-hydrogen) atoms. The Morgan fingerprint density at radius 3 is 3.15 bits per heavy atom. The zero-order valence-corrected chi connectivity index (χ0v) is 7.40. The number of hydrogen-bond acceptors (Lipinski definition) is 2. The van der Waals surface area contributed by atoms with E-state index in [1.165, 1.54) is 10.9 Å². The maximum atomic E-state index is 11.3. The number of hydrogen-bond donors (Lipinski definition) is 1. The highest BCUT2D eigenvalue weighted by Gasteiger charge is 2.06. The zero-order chi connectivity index (χ0) is 9.68. The van der Waals surface area contributed by atoms with Crippen molar-refractivity contribution in [2.24, 2.45) is 0 Å². The predicted octanol–water partition coefficient (Wildman–Crippen LogP) is 0.853. The summed E-state index contributed by atoms with van der Waals surface area (Å²) in [4.78, 5) is 15.1. The molecule has 1 rings (SSSR count). The van der Waals surface area contributed by atoms with Crippen LogP contribution in [0.4, 0.5) is 4.79 Å². The number of nitrogens with one attached hydrogen (secondary N) is 1. The van der Waals surface area contributed by atoms with Crippen molar-refractivity contribution >= 4 is 6.03 Å². The van der Waals surface area contributed by atoms with Gasteiger partial charge in [0.1, 0.15) is 6.33 Å². The number of imidazole rings is 1. The molecule has 0 aliphatic carbocycles. The normalized spacial score (nSPS) is 11.7. The van der Waals surface area contributed by atoms with Gasteiger partial charge in [-0.05, 0) is 6.92 Å². The summed E-state index contributed by atoms with van der Waals surface area (Å²) < 4.78 is 1.37. The van der Waals surface area contributed by atoms with Crippen LogP contribution in [0.1, 0.15) is 13.3 Å². The summed E-state index contributed by atoms with van der Waals surface area (Å²) in [6, 6.07) is -0.222. The Morgan fingerprint density at radius 2 is 2.62 bits per heavy atom. The molecule has 1 aromatic rings. The maximum absolute atomic E-state index is 11.3. The van der Waals surface area contributed by atoms with Crippen molar-refractivity contribution in [1.82, 2.24) is 14.9 Å². The van der Waals surface area contributed by atoms with Crippen LogP contribution in [0.25, 0.3) is 0 Å². The van der Waals surface area contributed by atoms with Gasteiger partial charge in [0, 0.05) is 24.9 Å². The van der Waals surface area contributed by atoms with Crippen LogP contribution >= 0.6 is 0 Å². The van der Waals surface area contributed by atoms with Crippen molar-refractivity contribution in [1.29, 1.82) is 0 Å². The van der Waals surface area contributed by atoms with E-state index >= 15 is 0 Å². The lowest BCUT2D eigenvalue weighted by Gasteiger charge is -2.10. The van der Waals surface area contributed by atoms with Gasteiger partial charge in [-0.1, -0.05) is 0 Å². The van der Waals surface area contributed by atoms with Gasteiger partial charge in [-0.3, -0.25) is 4.57 Å². The number of carbonyl (C=O) groups excluding carboxylic acids is 1. The van der Waals surface area contributed by atoms with Gasteiger partial charge in [0.05, 0.1) is 0 Å². The topological polar surface area (TPSA) is 46.9 Å². The summed E-state index contributed by atoms with van der Waals surface area (Å²) in [6.07, 6.45) is 10.2. The van der Waals surface area contributed by atoms with Crippen LogP contribution in [-0.2, 0) is 0 Å². The summed E-state index contributed by atoms with van der Waals surface area (Å²) >= 11 is 0. The summed E-state index contributed by atoms with van der Waals surface area (Å²) in [6.45, 7) is 1.86. The summed E-state index contributed by atoms with van der Waals surface area (Å²) in [5.74, 6) is 2.48. The zero-order valence-electron chi connectivity index (χ0n) is 7.40.